The summed E-state index contributed by atoms with van der Waals surface area (Å²) in [6.45, 7) is 1.61. The Morgan fingerprint density at radius 3 is 2.70 bits per heavy atom. The first-order valence-corrected chi connectivity index (χ1v) is 6.02. The zero-order valence-electron chi connectivity index (χ0n) is 10.5. The van der Waals surface area contributed by atoms with Crippen LogP contribution in [-0.4, -0.2) is 4.92 Å². The van der Waals surface area contributed by atoms with E-state index in [0.717, 1.165) is 0 Å². The summed E-state index contributed by atoms with van der Waals surface area (Å²) in [6.07, 6.45) is 0. The van der Waals surface area contributed by atoms with Crippen molar-refractivity contribution in [1.82, 2.24) is 0 Å². The van der Waals surface area contributed by atoms with E-state index >= 15 is 0 Å². The second kappa shape index (κ2) is 5.59. The summed E-state index contributed by atoms with van der Waals surface area (Å²) < 4.78 is 5.58. The van der Waals surface area contributed by atoms with Gasteiger partial charge in [0.15, 0.2) is 0 Å². The average Bonchev–Trinajstić information content (AvgIpc) is 2.41. The molecule has 0 saturated heterocycles. The summed E-state index contributed by atoms with van der Waals surface area (Å²) in [5, 5.41) is 19.9. The Labute approximate surface area is 120 Å². The maximum Gasteiger partial charge on any atom is 0.276 e. The normalized spacial score (nSPS) is 9.85. The van der Waals surface area contributed by atoms with Gasteiger partial charge < -0.3 is 4.74 Å². The fourth-order valence-electron chi connectivity index (χ4n) is 1.69. The lowest BCUT2D eigenvalue weighted by Crippen LogP contribution is -1.94. The molecule has 2 aromatic rings. The van der Waals surface area contributed by atoms with Gasteiger partial charge in [0, 0.05) is 12.1 Å². The zero-order chi connectivity index (χ0) is 14.7. The monoisotopic (exact) mass is 288 g/mol. The summed E-state index contributed by atoms with van der Waals surface area (Å²) in [5.74, 6) is 0.789. The van der Waals surface area contributed by atoms with Crippen LogP contribution in [0.2, 0.25) is 5.02 Å². The molecule has 5 nitrogen and oxygen atoms in total. The van der Waals surface area contributed by atoms with Crippen LogP contribution in [-0.2, 0) is 0 Å². The summed E-state index contributed by atoms with van der Waals surface area (Å²) in [6, 6.07) is 11.2. The molecule has 0 bridgehead atoms. The number of hydrogen-bond donors (Lipinski definition) is 0. The Morgan fingerprint density at radius 1 is 1.35 bits per heavy atom. The number of nitro benzene ring substituents is 1. The Kier molecular flexibility index (Phi) is 3.87. The predicted molar refractivity (Wildman–Crippen MR) is 74.1 cm³/mol. The number of hydrogen-bond acceptors (Lipinski definition) is 4. The number of ether oxygens (including phenoxy) is 1. The molecular formula is C14H9ClN2O3. The largest absolute Gasteiger partial charge is 0.457 e. The van der Waals surface area contributed by atoms with E-state index in [-0.39, 0.29) is 10.7 Å². The van der Waals surface area contributed by atoms with Crippen LogP contribution in [0.4, 0.5) is 5.69 Å². The molecule has 0 aromatic heterocycles. The van der Waals surface area contributed by atoms with Gasteiger partial charge in [0.1, 0.15) is 17.6 Å². The summed E-state index contributed by atoms with van der Waals surface area (Å²) >= 11 is 5.91. The van der Waals surface area contributed by atoms with Gasteiger partial charge in [-0.2, -0.15) is 5.26 Å². The van der Waals surface area contributed by atoms with Crippen LogP contribution in [0.5, 0.6) is 11.5 Å². The third-order valence-electron chi connectivity index (χ3n) is 2.74. The lowest BCUT2D eigenvalue weighted by Gasteiger charge is -2.09. The molecule has 0 N–H and O–H groups in total. The lowest BCUT2D eigenvalue weighted by atomic mass is 10.2. The molecule has 100 valence electrons. The van der Waals surface area contributed by atoms with Crippen LogP contribution in [0.25, 0.3) is 0 Å². The number of nitriles is 1. The fraction of sp³-hybridized carbons (Fsp3) is 0.0714. The molecule has 0 aliphatic heterocycles. The van der Waals surface area contributed by atoms with E-state index in [2.05, 4.69) is 0 Å². The van der Waals surface area contributed by atoms with Crippen LogP contribution >= 0.6 is 11.6 Å². The molecule has 2 rings (SSSR count). The first kappa shape index (κ1) is 13.8. The van der Waals surface area contributed by atoms with Crippen LogP contribution in [0.15, 0.2) is 36.4 Å². The molecule has 0 spiro atoms. The van der Waals surface area contributed by atoms with Crippen molar-refractivity contribution in [3.8, 4) is 17.6 Å². The number of benzene rings is 2. The van der Waals surface area contributed by atoms with Gasteiger partial charge in [0.05, 0.1) is 21.1 Å². The number of nitrogens with zero attached hydrogens (tertiary/aromatic N) is 2. The second-order valence-corrected chi connectivity index (χ2v) is 4.42. The third-order valence-corrected chi connectivity index (χ3v) is 3.05. The van der Waals surface area contributed by atoms with Gasteiger partial charge in [0.25, 0.3) is 5.69 Å². The molecule has 0 atom stereocenters. The topological polar surface area (TPSA) is 76.2 Å². The van der Waals surface area contributed by atoms with Gasteiger partial charge in [-0.15, -0.1) is 0 Å². The van der Waals surface area contributed by atoms with Crippen molar-refractivity contribution >= 4 is 17.3 Å². The molecule has 0 aliphatic rings. The molecule has 20 heavy (non-hydrogen) atoms. The maximum atomic E-state index is 10.9. The van der Waals surface area contributed by atoms with Crippen molar-refractivity contribution in [1.29, 1.82) is 5.26 Å². The molecule has 0 radical (unpaired) electrons. The van der Waals surface area contributed by atoms with E-state index in [1.54, 1.807) is 25.1 Å². The highest BCUT2D eigenvalue weighted by molar-refractivity contribution is 6.31. The molecule has 0 saturated carbocycles. The van der Waals surface area contributed by atoms with Gasteiger partial charge in [-0.25, -0.2) is 0 Å². The SMILES string of the molecule is Cc1c(Oc2ccc(C#N)c(Cl)c2)cccc1[N+](=O)[O-]. The summed E-state index contributed by atoms with van der Waals surface area (Å²) in [7, 11) is 0. The van der Waals surface area contributed by atoms with Gasteiger partial charge in [-0.3, -0.25) is 10.1 Å². The van der Waals surface area contributed by atoms with Crippen molar-refractivity contribution in [2.24, 2.45) is 0 Å². The van der Waals surface area contributed by atoms with Crippen molar-refractivity contribution in [2.45, 2.75) is 6.92 Å². The first-order chi connectivity index (χ1) is 9.52. The molecular weight excluding hydrogens is 280 g/mol. The average molecular weight is 289 g/mol. The van der Waals surface area contributed by atoms with E-state index in [4.69, 9.17) is 21.6 Å². The Morgan fingerprint density at radius 2 is 2.10 bits per heavy atom. The minimum atomic E-state index is -0.464. The van der Waals surface area contributed by atoms with Gasteiger partial charge >= 0.3 is 0 Å². The minimum absolute atomic E-state index is 0.0118. The van der Waals surface area contributed by atoms with Gasteiger partial charge in [-0.1, -0.05) is 17.7 Å². The zero-order valence-corrected chi connectivity index (χ0v) is 11.2. The highest BCUT2D eigenvalue weighted by Crippen LogP contribution is 2.32. The highest BCUT2D eigenvalue weighted by Gasteiger charge is 2.14. The number of halogens is 1. The summed E-state index contributed by atoms with van der Waals surface area (Å²) in [5.41, 5.74) is 0.759. The van der Waals surface area contributed by atoms with Crippen molar-refractivity contribution in [3.63, 3.8) is 0 Å². The first-order valence-electron chi connectivity index (χ1n) is 5.64. The third kappa shape index (κ3) is 2.71. The van der Waals surface area contributed by atoms with Crippen molar-refractivity contribution in [2.75, 3.05) is 0 Å². The smallest absolute Gasteiger partial charge is 0.276 e. The Balaban J connectivity index is 2.36. The van der Waals surface area contributed by atoms with Gasteiger partial charge in [0.2, 0.25) is 0 Å². The standard InChI is InChI=1S/C14H9ClN2O3/c1-9-13(17(18)19)3-2-4-14(9)20-11-6-5-10(8-16)12(15)7-11/h2-7H,1H3. The van der Waals surface area contributed by atoms with E-state index in [1.165, 1.54) is 18.2 Å². The Bertz CT molecular complexity index is 723. The molecule has 6 heteroatoms. The van der Waals surface area contributed by atoms with Crippen molar-refractivity contribution in [3.05, 3.63) is 62.7 Å². The molecule has 0 amide bonds. The fourth-order valence-corrected chi connectivity index (χ4v) is 1.90. The van der Waals surface area contributed by atoms with E-state index in [0.29, 0.717) is 22.6 Å². The minimum Gasteiger partial charge on any atom is -0.457 e. The number of nitro groups is 1. The van der Waals surface area contributed by atoms with E-state index in [1.807, 2.05) is 6.07 Å². The molecule has 0 aliphatic carbocycles. The van der Waals surface area contributed by atoms with Gasteiger partial charge in [-0.05, 0) is 25.1 Å². The highest BCUT2D eigenvalue weighted by atomic mass is 35.5. The molecule has 0 fully saturated rings. The van der Waals surface area contributed by atoms with E-state index in [9.17, 15) is 10.1 Å². The predicted octanol–water partition coefficient (Wildman–Crippen LogP) is 4.22. The van der Waals surface area contributed by atoms with E-state index < -0.39 is 4.92 Å². The molecule has 0 heterocycles. The van der Waals surface area contributed by atoms with Crippen LogP contribution < -0.4 is 4.74 Å². The van der Waals surface area contributed by atoms with Crippen LogP contribution in [0, 0.1) is 28.4 Å². The Hall–Kier alpha value is -2.58. The lowest BCUT2D eigenvalue weighted by molar-refractivity contribution is -0.385. The summed E-state index contributed by atoms with van der Waals surface area (Å²) in [4.78, 5) is 10.4. The van der Waals surface area contributed by atoms with Crippen LogP contribution in [0.1, 0.15) is 11.1 Å². The second-order valence-electron chi connectivity index (χ2n) is 4.01. The maximum absolute atomic E-state index is 10.9. The number of rotatable bonds is 3. The van der Waals surface area contributed by atoms with Crippen LogP contribution in [0.3, 0.4) is 0 Å². The quantitative estimate of drug-likeness (QED) is 0.626. The molecule has 2 aromatic carbocycles. The van der Waals surface area contributed by atoms with Crippen molar-refractivity contribution < 1.29 is 9.66 Å². The molecule has 0 unspecified atom stereocenters.